The van der Waals surface area contributed by atoms with Crippen molar-refractivity contribution in [1.29, 1.82) is 0 Å². The van der Waals surface area contributed by atoms with Crippen LogP contribution in [0.5, 0.6) is 11.5 Å². The number of halogens is 2. The number of rotatable bonds is 5. The number of ketones is 1. The van der Waals surface area contributed by atoms with E-state index in [1.54, 1.807) is 25.1 Å². The van der Waals surface area contributed by atoms with E-state index in [4.69, 9.17) is 9.47 Å². The van der Waals surface area contributed by atoms with Crippen LogP contribution in [0, 0.1) is 17.0 Å². The minimum atomic E-state index is -0.897. The van der Waals surface area contributed by atoms with Crippen LogP contribution in [0.2, 0.25) is 0 Å². The van der Waals surface area contributed by atoms with Gasteiger partial charge in [0.05, 0.1) is 20.1 Å². The molecule has 0 saturated heterocycles. The van der Waals surface area contributed by atoms with Crippen molar-refractivity contribution >= 4 is 17.4 Å². The fourth-order valence-electron chi connectivity index (χ4n) is 4.91. The summed E-state index contributed by atoms with van der Waals surface area (Å²) in [6.45, 7) is 5.74. The summed E-state index contributed by atoms with van der Waals surface area (Å²) in [5, 5.41) is 5.61. The number of dihydropyridines is 1. The highest BCUT2D eigenvalue weighted by Crippen LogP contribution is 2.49. The molecule has 0 unspecified atom stereocenters. The predicted molar refractivity (Wildman–Crippen MR) is 128 cm³/mol. The second kappa shape index (κ2) is 9.17. The number of carbonyl (C=O) groups is 2. The molecule has 6 nitrogen and oxygen atoms in total. The van der Waals surface area contributed by atoms with E-state index >= 15 is 0 Å². The molecule has 4 rings (SSSR count). The van der Waals surface area contributed by atoms with E-state index in [9.17, 15) is 18.4 Å². The van der Waals surface area contributed by atoms with E-state index < -0.39 is 29.1 Å². The molecular weight excluding hydrogens is 454 g/mol. The minimum absolute atomic E-state index is 0.103. The minimum Gasteiger partial charge on any atom is -0.497 e. The number of methoxy groups -OCH3 is 2. The first-order valence-electron chi connectivity index (χ1n) is 11.3. The Bertz CT molecular complexity index is 1260. The third-order valence-corrected chi connectivity index (χ3v) is 6.43. The summed E-state index contributed by atoms with van der Waals surface area (Å²) in [6.07, 6.45) is 0.900. The number of allylic oxidation sites excluding steroid dienone is 3. The highest BCUT2D eigenvalue weighted by atomic mass is 19.1. The molecule has 0 saturated carbocycles. The largest absolute Gasteiger partial charge is 0.497 e. The first-order valence-corrected chi connectivity index (χ1v) is 11.3. The number of hydrogen-bond donors (Lipinski definition) is 2. The molecule has 0 radical (unpaired) electrons. The van der Waals surface area contributed by atoms with Crippen LogP contribution in [0.3, 0.4) is 0 Å². The lowest BCUT2D eigenvalue weighted by Gasteiger charge is -2.40. The summed E-state index contributed by atoms with van der Waals surface area (Å²) in [5.41, 5.74) is 1.57. The topological polar surface area (TPSA) is 76.7 Å². The molecule has 1 heterocycles. The molecule has 1 atom stereocenters. The van der Waals surface area contributed by atoms with Crippen LogP contribution < -0.4 is 20.1 Å². The van der Waals surface area contributed by atoms with E-state index in [0.29, 0.717) is 41.2 Å². The number of amides is 1. The van der Waals surface area contributed by atoms with Crippen molar-refractivity contribution in [3.63, 3.8) is 0 Å². The molecule has 0 aromatic heterocycles. The van der Waals surface area contributed by atoms with Crippen LogP contribution >= 0.6 is 0 Å². The average Bonchev–Trinajstić information content (AvgIpc) is 2.79. The second-order valence-electron chi connectivity index (χ2n) is 9.59. The van der Waals surface area contributed by atoms with Gasteiger partial charge in [-0.15, -0.1) is 0 Å². The average molecular weight is 483 g/mol. The number of benzene rings is 2. The zero-order valence-electron chi connectivity index (χ0n) is 20.3. The third-order valence-electron chi connectivity index (χ3n) is 6.43. The van der Waals surface area contributed by atoms with Crippen molar-refractivity contribution in [3.8, 4) is 11.5 Å². The molecule has 0 spiro atoms. The number of Topliss-reactive ketones (excluding diaryl/α,β-unsaturated/α-hetero) is 1. The van der Waals surface area contributed by atoms with Crippen molar-refractivity contribution < 1.29 is 27.8 Å². The summed E-state index contributed by atoms with van der Waals surface area (Å²) in [5.74, 6) is -2.47. The van der Waals surface area contributed by atoms with Crippen LogP contribution in [-0.4, -0.2) is 25.9 Å². The van der Waals surface area contributed by atoms with Crippen LogP contribution in [0.1, 0.15) is 45.1 Å². The highest BCUT2D eigenvalue weighted by Gasteiger charge is 2.43. The van der Waals surface area contributed by atoms with Crippen molar-refractivity contribution in [3.05, 3.63) is 76.1 Å². The molecular formula is C27H28F2N2O4. The molecule has 2 aliphatic rings. The lowest BCUT2D eigenvalue weighted by atomic mass is 9.68. The van der Waals surface area contributed by atoms with Crippen molar-refractivity contribution in [2.75, 3.05) is 19.5 Å². The third kappa shape index (κ3) is 4.52. The van der Waals surface area contributed by atoms with Crippen molar-refractivity contribution in [2.45, 2.75) is 39.5 Å². The fraction of sp³-hybridized carbons (Fsp3) is 0.333. The van der Waals surface area contributed by atoms with Gasteiger partial charge in [0.25, 0.3) is 5.91 Å². The van der Waals surface area contributed by atoms with Gasteiger partial charge in [-0.05, 0) is 49.1 Å². The first-order chi connectivity index (χ1) is 16.6. The van der Waals surface area contributed by atoms with Crippen molar-refractivity contribution in [2.24, 2.45) is 5.41 Å². The lowest BCUT2D eigenvalue weighted by Crippen LogP contribution is -2.39. The van der Waals surface area contributed by atoms with E-state index in [0.717, 1.165) is 17.8 Å². The van der Waals surface area contributed by atoms with E-state index in [-0.39, 0.29) is 16.8 Å². The van der Waals surface area contributed by atoms with Gasteiger partial charge in [0.15, 0.2) is 5.78 Å². The van der Waals surface area contributed by atoms with E-state index in [1.807, 2.05) is 13.8 Å². The fourth-order valence-corrected chi connectivity index (χ4v) is 4.91. The molecule has 1 amide bonds. The van der Waals surface area contributed by atoms with Gasteiger partial charge in [0, 0.05) is 34.5 Å². The molecule has 0 fully saturated rings. The van der Waals surface area contributed by atoms with Gasteiger partial charge in [-0.2, -0.15) is 0 Å². The molecule has 1 aliphatic carbocycles. The Balaban J connectivity index is 1.90. The Kier molecular flexibility index (Phi) is 6.40. The van der Waals surface area contributed by atoms with Gasteiger partial charge in [-0.3, -0.25) is 9.59 Å². The summed E-state index contributed by atoms with van der Waals surface area (Å²) < 4.78 is 39.7. The maximum absolute atomic E-state index is 14.3. The summed E-state index contributed by atoms with van der Waals surface area (Å²) in [7, 11) is 3.02. The summed E-state index contributed by atoms with van der Waals surface area (Å²) >= 11 is 0. The van der Waals surface area contributed by atoms with E-state index in [2.05, 4.69) is 10.6 Å². The number of para-hydroxylation sites is 1. The van der Waals surface area contributed by atoms with E-state index in [1.165, 1.54) is 20.3 Å². The predicted octanol–water partition coefficient (Wildman–Crippen LogP) is 5.22. The second-order valence-corrected chi connectivity index (χ2v) is 9.59. The molecule has 2 aromatic carbocycles. The van der Waals surface area contributed by atoms with Crippen molar-refractivity contribution in [1.82, 2.24) is 5.32 Å². The Morgan fingerprint density at radius 3 is 2.40 bits per heavy atom. The Labute approximate surface area is 203 Å². The number of anilines is 1. The van der Waals surface area contributed by atoms with Crippen LogP contribution in [0.15, 0.2) is 58.9 Å². The zero-order chi connectivity index (χ0) is 25.5. The molecule has 2 aromatic rings. The Morgan fingerprint density at radius 2 is 1.77 bits per heavy atom. The Hall–Kier alpha value is -3.68. The van der Waals surface area contributed by atoms with Crippen LogP contribution in [0.4, 0.5) is 14.5 Å². The summed E-state index contributed by atoms with van der Waals surface area (Å²) in [4.78, 5) is 27.1. The van der Waals surface area contributed by atoms with Gasteiger partial charge < -0.3 is 20.1 Å². The number of ether oxygens (including phenoxy) is 2. The SMILES string of the molecule is COc1ccc(OC)c([C@H]2C(C(=O)Nc3c(F)cccc3F)=C(C)NC3=C2C(=O)CC(C)(C)C3)c1. The maximum atomic E-state index is 14.3. The monoisotopic (exact) mass is 482 g/mol. The Morgan fingerprint density at radius 1 is 1.09 bits per heavy atom. The molecule has 0 bridgehead atoms. The molecule has 184 valence electrons. The highest BCUT2D eigenvalue weighted by molar-refractivity contribution is 6.10. The lowest BCUT2D eigenvalue weighted by molar-refractivity contribution is -0.118. The van der Waals surface area contributed by atoms with Gasteiger partial charge >= 0.3 is 0 Å². The molecule has 8 heteroatoms. The maximum Gasteiger partial charge on any atom is 0.254 e. The normalized spacial score (nSPS) is 19.2. The number of nitrogens with one attached hydrogen (secondary N) is 2. The number of hydrogen-bond acceptors (Lipinski definition) is 5. The molecule has 1 aliphatic heterocycles. The summed E-state index contributed by atoms with van der Waals surface area (Å²) in [6, 6.07) is 8.49. The molecule has 2 N–H and O–H groups in total. The van der Waals surface area contributed by atoms with Gasteiger partial charge in [0.2, 0.25) is 0 Å². The molecule has 35 heavy (non-hydrogen) atoms. The van der Waals surface area contributed by atoms with Gasteiger partial charge in [-0.25, -0.2) is 8.78 Å². The van der Waals surface area contributed by atoms with Gasteiger partial charge in [0.1, 0.15) is 28.8 Å². The first kappa shape index (κ1) is 24.4. The smallest absolute Gasteiger partial charge is 0.254 e. The van der Waals surface area contributed by atoms with Gasteiger partial charge in [-0.1, -0.05) is 19.9 Å². The number of carbonyl (C=O) groups excluding carboxylic acids is 2. The standard InChI is InChI=1S/C27H28F2N2O4/c1-14-22(26(33)31-25-17(28)7-6-8-18(25)29)23(16-11-15(34-4)9-10-21(16)35-5)24-19(30-14)12-27(2,3)13-20(24)32/h6-11,23,30H,12-13H2,1-5H3,(H,31,33)/t23-/m0/s1. The quantitative estimate of drug-likeness (QED) is 0.611. The van der Waals surface area contributed by atoms with Crippen LogP contribution in [-0.2, 0) is 9.59 Å². The van der Waals surface area contributed by atoms with Crippen LogP contribution in [0.25, 0.3) is 0 Å². The zero-order valence-corrected chi connectivity index (χ0v) is 20.3.